The molecule has 1 unspecified atom stereocenters. The molecule has 3 rings (SSSR count). The number of nitrogens with one attached hydrogen (secondary N) is 1. The summed E-state index contributed by atoms with van der Waals surface area (Å²) >= 11 is 0. The van der Waals surface area contributed by atoms with Crippen molar-refractivity contribution >= 4 is 11.5 Å². The zero-order valence-corrected chi connectivity index (χ0v) is 12.2. The lowest BCUT2D eigenvalue weighted by Crippen LogP contribution is -2.16. The number of nitrogens with zero attached hydrogens (tertiary/aromatic N) is 2. The van der Waals surface area contributed by atoms with E-state index in [2.05, 4.69) is 10.3 Å². The van der Waals surface area contributed by atoms with Gasteiger partial charge in [0.05, 0.1) is 6.10 Å². The fraction of sp³-hybridized carbons (Fsp3) is 0.294. The van der Waals surface area contributed by atoms with Crippen molar-refractivity contribution < 1.29 is 9.47 Å². The summed E-state index contributed by atoms with van der Waals surface area (Å²) in [7, 11) is 0. The maximum atomic E-state index is 8.87. The van der Waals surface area contributed by atoms with Gasteiger partial charge in [0.1, 0.15) is 29.9 Å². The average molecular weight is 295 g/mol. The summed E-state index contributed by atoms with van der Waals surface area (Å²) in [5, 5.41) is 12.0. The van der Waals surface area contributed by atoms with Crippen LogP contribution >= 0.6 is 0 Å². The molecule has 5 nitrogen and oxygen atoms in total. The lowest BCUT2D eigenvalue weighted by molar-refractivity contribution is 0.0680. The summed E-state index contributed by atoms with van der Waals surface area (Å²) in [6.45, 7) is 1.40. The number of ether oxygens (including phenoxy) is 2. The van der Waals surface area contributed by atoms with Crippen LogP contribution in [0.15, 0.2) is 42.5 Å². The highest BCUT2D eigenvalue weighted by atomic mass is 16.5. The highest BCUT2D eigenvalue weighted by molar-refractivity contribution is 5.58. The summed E-state index contributed by atoms with van der Waals surface area (Å²) < 4.78 is 11.3. The third kappa shape index (κ3) is 3.74. The van der Waals surface area contributed by atoms with Crippen LogP contribution in [-0.2, 0) is 4.74 Å². The van der Waals surface area contributed by atoms with Gasteiger partial charge in [0.15, 0.2) is 0 Å². The molecule has 0 saturated carbocycles. The predicted molar refractivity (Wildman–Crippen MR) is 83.1 cm³/mol. The summed E-state index contributed by atoms with van der Waals surface area (Å²) in [6.07, 6.45) is 2.37. The van der Waals surface area contributed by atoms with Gasteiger partial charge < -0.3 is 14.8 Å². The van der Waals surface area contributed by atoms with Crippen molar-refractivity contribution in [3.8, 4) is 11.8 Å². The molecule has 1 atom stereocenters. The van der Waals surface area contributed by atoms with E-state index in [9.17, 15) is 0 Å². The number of anilines is 2. The quantitative estimate of drug-likeness (QED) is 0.917. The molecule has 0 bridgehead atoms. The van der Waals surface area contributed by atoms with E-state index in [1.807, 2.05) is 36.4 Å². The zero-order valence-electron chi connectivity index (χ0n) is 12.2. The van der Waals surface area contributed by atoms with Crippen LogP contribution in [0.3, 0.4) is 0 Å². The molecule has 1 saturated heterocycles. The molecule has 0 amide bonds. The van der Waals surface area contributed by atoms with Crippen LogP contribution in [0.2, 0.25) is 0 Å². The number of benzene rings is 1. The van der Waals surface area contributed by atoms with E-state index in [-0.39, 0.29) is 6.10 Å². The van der Waals surface area contributed by atoms with Gasteiger partial charge in [-0.15, -0.1) is 0 Å². The van der Waals surface area contributed by atoms with Gasteiger partial charge in [-0.25, -0.2) is 4.98 Å². The van der Waals surface area contributed by atoms with Crippen molar-refractivity contribution in [2.75, 3.05) is 18.5 Å². The number of hydrogen-bond acceptors (Lipinski definition) is 5. The SMILES string of the molecule is N#Cc1cccc(Nc2cccc(OCC3CCCO3)c2)n1. The van der Waals surface area contributed by atoms with Gasteiger partial charge in [0, 0.05) is 18.4 Å². The maximum Gasteiger partial charge on any atom is 0.142 e. The maximum absolute atomic E-state index is 8.87. The van der Waals surface area contributed by atoms with Crippen LogP contribution in [0.4, 0.5) is 11.5 Å². The Morgan fingerprint density at radius 1 is 1.32 bits per heavy atom. The largest absolute Gasteiger partial charge is 0.491 e. The Bertz CT molecular complexity index is 676. The summed E-state index contributed by atoms with van der Waals surface area (Å²) in [4.78, 5) is 4.19. The Kier molecular flexibility index (Phi) is 4.52. The molecule has 0 aliphatic carbocycles. The lowest BCUT2D eigenvalue weighted by atomic mass is 10.2. The molecule has 1 fully saturated rings. The molecule has 1 aliphatic rings. The van der Waals surface area contributed by atoms with Gasteiger partial charge in [-0.05, 0) is 37.1 Å². The van der Waals surface area contributed by atoms with E-state index in [1.165, 1.54) is 0 Å². The highest BCUT2D eigenvalue weighted by Gasteiger charge is 2.15. The van der Waals surface area contributed by atoms with Gasteiger partial charge in [-0.3, -0.25) is 0 Å². The lowest BCUT2D eigenvalue weighted by Gasteiger charge is -2.12. The van der Waals surface area contributed by atoms with Crippen LogP contribution in [0, 0.1) is 11.3 Å². The third-order valence-corrected chi connectivity index (χ3v) is 3.43. The fourth-order valence-corrected chi connectivity index (χ4v) is 2.34. The number of pyridine rings is 1. The van der Waals surface area contributed by atoms with Crippen molar-refractivity contribution in [2.24, 2.45) is 0 Å². The molecule has 1 aromatic heterocycles. The minimum absolute atomic E-state index is 0.200. The normalized spacial score (nSPS) is 17.0. The van der Waals surface area contributed by atoms with Gasteiger partial charge >= 0.3 is 0 Å². The van der Waals surface area contributed by atoms with Crippen molar-refractivity contribution in [2.45, 2.75) is 18.9 Å². The van der Waals surface area contributed by atoms with Gasteiger partial charge in [0.25, 0.3) is 0 Å². The van der Waals surface area contributed by atoms with E-state index in [0.717, 1.165) is 30.9 Å². The molecule has 22 heavy (non-hydrogen) atoms. The molecule has 1 aliphatic heterocycles. The second-order valence-electron chi connectivity index (χ2n) is 5.12. The van der Waals surface area contributed by atoms with E-state index in [1.54, 1.807) is 12.1 Å². The first-order chi connectivity index (χ1) is 10.8. The van der Waals surface area contributed by atoms with Crippen LogP contribution in [0.5, 0.6) is 5.75 Å². The minimum atomic E-state index is 0.200. The number of rotatable bonds is 5. The van der Waals surface area contributed by atoms with E-state index < -0.39 is 0 Å². The number of hydrogen-bond donors (Lipinski definition) is 1. The number of nitriles is 1. The first-order valence-electron chi connectivity index (χ1n) is 7.32. The molecule has 2 heterocycles. The van der Waals surface area contributed by atoms with Crippen LogP contribution in [-0.4, -0.2) is 24.3 Å². The topological polar surface area (TPSA) is 67.2 Å². The smallest absolute Gasteiger partial charge is 0.142 e. The highest BCUT2D eigenvalue weighted by Crippen LogP contribution is 2.22. The minimum Gasteiger partial charge on any atom is -0.491 e. The molecular weight excluding hydrogens is 278 g/mol. The second-order valence-corrected chi connectivity index (χ2v) is 5.12. The Hall–Kier alpha value is -2.58. The average Bonchev–Trinajstić information content (AvgIpc) is 3.07. The van der Waals surface area contributed by atoms with Crippen LogP contribution < -0.4 is 10.1 Å². The fourth-order valence-electron chi connectivity index (χ4n) is 2.34. The van der Waals surface area contributed by atoms with Crippen molar-refractivity contribution in [1.29, 1.82) is 5.26 Å². The van der Waals surface area contributed by atoms with E-state index in [0.29, 0.717) is 18.1 Å². The monoisotopic (exact) mass is 295 g/mol. The summed E-state index contributed by atoms with van der Waals surface area (Å²) in [6, 6.07) is 15.0. The molecule has 112 valence electrons. The van der Waals surface area contributed by atoms with Gasteiger partial charge in [-0.1, -0.05) is 12.1 Å². The third-order valence-electron chi connectivity index (χ3n) is 3.43. The molecule has 1 N–H and O–H groups in total. The Labute approximate surface area is 129 Å². The Balaban J connectivity index is 1.64. The Morgan fingerprint density at radius 3 is 3.05 bits per heavy atom. The summed E-state index contributed by atoms with van der Waals surface area (Å²) in [5.41, 5.74) is 1.25. The van der Waals surface area contributed by atoms with Gasteiger partial charge in [0.2, 0.25) is 0 Å². The van der Waals surface area contributed by atoms with Crippen LogP contribution in [0.25, 0.3) is 0 Å². The van der Waals surface area contributed by atoms with E-state index >= 15 is 0 Å². The van der Waals surface area contributed by atoms with Crippen molar-refractivity contribution in [1.82, 2.24) is 4.98 Å². The first kappa shape index (κ1) is 14.4. The Morgan fingerprint density at radius 2 is 2.23 bits per heavy atom. The predicted octanol–water partition coefficient (Wildman–Crippen LogP) is 3.25. The molecule has 5 heteroatoms. The molecular formula is C17H17N3O2. The molecule has 2 aromatic rings. The van der Waals surface area contributed by atoms with Gasteiger partial charge in [-0.2, -0.15) is 5.26 Å². The second kappa shape index (κ2) is 6.92. The zero-order chi connectivity index (χ0) is 15.2. The molecule has 0 radical (unpaired) electrons. The molecule has 0 spiro atoms. The standard InChI is InChI=1S/C17H17N3O2/c18-11-14-5-2-8-17(20-14)19-13-4-1-6-15(10-13)22-12-16-7-3-9-21-16/h1-2,4-6,8,10,16H,3,7,9,12H2,(H,19,20). The first-order valence-corrected chi connectivity index (χ1v) is 7.32. The molecule has 1 aromatic carbocycles. The van der Waals surface area contributed by atoms with Crippen molar-refractivity contribution in [3.63, 3.8) is 0 Å². The summed E-state index contributed by atoms with van der Waals surface area (Å²) in [5.74, 6) is 1.42. The number of aromatic nitrogens is 1. The van der Waals surface area contributed by atoms with Crippen LogP contribution in [0.1, 0.15) is 18.5 Å². The van der Waals surface area contributed by atoms with Crippen molar-refractivity contribution in [3.05, 3.63) is 48.2 Å². The van der Waals surface area contributed by atoms with E-state index in [4.69, 9.17) is 14.7 Å².